The number of fused-ring (bicyclic) bond motifs is 2. The van der Waals surface area contributed by atoms with Crippen molar-refractivity contribution in [2.75, 3.05) is 6.54 Å². The number of carbonyl (C=O) groups is 1. The van der Waals surface area contributed by atoms with Gasteiger partial charge in [-0.1, -0.05) is 0 Å². The van der Waals surface area contributed by atoms with E-state index in [1.807, 2.05) is 13.8 Å². The van der Waals surface area contributed by atoms with E-state index in [1.165, 1.54) is 0 Å². The van der Waals surface area contributed by atoms with Gasteiger partial charge in [-0.25, -0.2) is 9.97 Å². The Balaban J connectivity index is 1.57. The molecule has 4 rings (SSSR count). The summed E-state index contributed by atoms with van der Waals surface area (Å²) in [6.45, 7) is 4.28. The van der Waals surface area contributed by atoms with Crippen LogP contribution in [0.25, 0.3) is 0 Å². The fourth-order valence-corrected chi connectivity index (χ4v) is 3.63. The summed E-state index contributed by atoms with van der Waals surface area (Å²) < 4.78 is 44.0. The highest BCUT2D eigenvalue weighted by atomic mass is 19.4. The van der Waals surface area contributed by atoms with E-state index in [2.05, 4.69) is 20.2 Å². The van der Waals surface area contributed by atoms with Gasteiger partial charge in [0.2, 0.25) is 5.82 Å². The number of rotatable bonds is 1. The molecular weight excluding hydrogens is 363 g/mol. The van der Waals surface area contributed by atoms with Crippen molar-refractivity contribution in [3.63, 3.8) is 0 Å². The topological polar surface area (TPSA) is 84.0 Å². The minimum absolute atomic E-state index is 0.0204. The van der Waals surface area contributed by atoms with Crippen LogP contribution in [0.1, 0.15) is 58.8 Å². The lowest BCUT2D eigenvalue weighted by Gasteiger charge is -2.29. The predicted molar refractivity (Wildman–Crippen MR) is 86.7 cm³/mol. The van der Waals surface area contributed by atoms with Gasteiger partial charge in [-0.3, -0.25) is 9.89 Å². The molecular formula is C17H18F3N5O2. The number of ether oxygens (including phenoxy) is 1. The number of nitrogens with one attached hydrogen (secondary N) is 1. The molecule has 1 amide bonds. The fraction of sp³-hybridized carbons (Fsp3) is 0.529. The van der Waals surface area contributed by atoms with Crippen molar-refractivity contribution in [3.8, 4) is 0 Å². The van der Waals surface area contributed by atoms with Gasteiger partial charge < -0.3 is 9.64 Å². The van der Waals surface area contributed by atoms with Crippen LogP contribution in [0.3, 0.4) is 0 Å². The molecule has 0 spiro atoms. The molecule has 0 aromatic carbocycles. The number of aromatic nitrogens is 4. The van der Waals surface area contributed by atoms with Crippen molar-refractivity contribution >= 4 is 5.91 Å². The lowest BCUT2D eigenvalue weighted by Crippen LogP contribution is -2.38. The molecule has 27 heavy (non-hydrogen) atoms. The van der Waals surface area contributed by atoms with Gasteiger partial charge in [0.15, 0.2) is 5.69 Å². The van der Waals surface area contributed by atoms with Crippen LogP contribution in [0.5, 0.6) is 0 Å². The second-order valence-corrected chi connectivity index (χ2v) is 6.90. The van der Waals surface area contributed by atoms with Crippen LogP contribution in [-0.4, -0.2) is 43.6 Å². The molecule has 2 aliphatic rings. The number of halogens is 3. The number of carbonyl (C=O) groups excluding carboxylic acids is 1. The van der Waals surface area contributed by atoms with Crippen molar-refractivity contribution in [1.82, 2.24) is 25.1 Å². The molecule has 0 unspecified atom stereocenters. The number of hydrogen-bond donors (Lipinski definition) is 1. The summed E-state index contributed by atoms with van der Waals surface area (Å²) in [6.07, 6.45) is -2.79. The Kier molecular flexibility index (Phi) is 4.17. The van der Waals surface area contributed by atoms with E-state index in [0.717, 1.165) is 17.5 Å². The van der Waals surface area contributed by atoms with Crippen LogP contribution in [0.15, 0.2) is 6.20 Å². The molecule has 0 radical (unpaired) electrons. The van der Waals surface area contributed by atoms with Gasteiger partial charge in [-0.15, -0.1) is 0 Å². The van der Waals surface area contributed by atoms with Crippen LogP contribution in [0, 0.1) is 0 Å². The number of alkyl halides is 3. The normalized spacial score (nSPS) is 22.3. The van der Waals surface area contributed by atoms with Gasteiger partial charge in [0, 0.05) is 43.3 Å². The minimum atomic E-state index is -4.58. The second-order valence-electron chi connectivity index (χ2n) is 6.90. The third-order valence-corrected chi connectivity index (χ3v) is 4.91. The summed E-state index contributed by atoms with van der Waals surface area (Å²) in [5.74, 6) is -1.40. The van der Waals surface area contributed by atoms with E-state index in [9.17, 15) is 18.0 Å². The number of amides is 1. The first-order chi connectivity index (χ1) is 12.7. The Morgan fingerprint density at radius 1 is 1.37 bits per heavy atom. The Morgan fingerprint density at radius 3 is 2.89 bits per heavy atom. The maximum atomic E-state index is 13.0. The third kappa shape index (κ3) is 3.18. The monoisotopic (exact) mass is 381 g/mol. The maximum Gasteiger partial charge on any atom is 0.451 e. The molecule has 2 aliphatic heterocycles. The van der Waals surface area contributed by atoms with Crippen LogP contribution in [0.2, 0.25) is 0 Å². The summed E-state index contributed by atoms with van der Waals surface area (Å²) in [7, 11) is 0. The van der Waals surface area contributed by atoms with E-state index >= 15 is 0 Å². The van der Waals surface area contributed by atoms with Crippen LogP contribution >= 0.6 is 0 Å². The zero-order chi connectivity index (χ0) is 19.3. The minimum Gasteiger partial charge on any atom is -0.369 e. The molecule has 2 aromatic heterocycles. The molecule has 4 heterocycles. The van der Waals surface area contributed by atoms with Gasteiger partial charge in [0.05, 0.1) is 23.6 Å². The first kappa shape index (κ1) is 17.9. The van der Waals surface area contributed by atoms with Gasteiger partial charge >= 0.3 is 6.18 Å². The SMILES string of the molecule is C[C@@H]1Cc2c(C(=O)N3CCc4nc(C(F)(F)F)ncc4C3)n[nH]c2[C@H](C)O1. The van der Waals surface area contributed by atoms with E-state index in [1.54, 1.807) is 4.90 Å². The zero-order valence-corrected chi connectivity index (χ0v) is 14.8. The predicted octanol–water partition coefficient (Wildman–Crippen LogP) is 2.44. The average molecular weight is 381 g/mol. The Hall–Kier alpha value is -2.49. The van der Waals surface area contributed by atoms with E-state index in [-0.39, 0.29) is 37.6 Å². The molecule has 7 nitrogen and oxygen atoms in total. The summed E-state index contributed by atoms with van der Waals surface area (Å²) in [4.78, 5) is 21.5. The standard InChI is InChI=1S/C17H18F3N5O2/c1-8-5-11-13(9(2)27-8)23-24-14(11)15(26)25-4-3-12-10(7-25)6-21-16(22-12)17(18,19)20/h6,8-9H,3-5,7H2,1-2H3,(H,23,24)/t8-,9+/m1/s1. The van der Waals surface area contributed by atoms with Crippen LogP contribution < -0.4 is 0 Å². The van der Waals surface area contributed by atoms with E-state index in [0.29, 0.717) is 23.4 Å². The van der Waals surface area contributed by atoms with Crippen LogP contribution in [-0.2, 0) is 30.3 Å². The second kappa shape index (κ2) is 6.29. The van der Waals surface area contributed by atoms with E-state index < -0.39 is 12.0 Å². The molecule has 144 valence electrons. The summed E-state index contributed by atoms with van der Waals surface area (Å²) in [5, 5.41) is 7.07. The molecule has 10 heteroatoms. The lowest BCUT2D eigenvalue weighted by atomic mass is 9.98. The number of H-pyrrole nitrogens is 1. The molecule has 2 aromatic rings. The van der Waals surface area contributed by atoms with Crippen molar-refractivity contribution < 1.29 is 22.7 Å². The average Bonchev–Trinajstić information content (AvgIpc) is 3.03. The van der Waals surface area contributed by atoms with Crippen molar-refractivity contribution in [1.29, 1.82) is 0 Å². The molecule has 2 atom stereocenters. The third-order valence-electron chi connectivity index (χ3n) is 4.91. The van der Waals surface area contributed by atoms with E-state index in [4.69, 9.17) is 4.74 Å². The quantitative estimate of drug-likeness (QED) is 0.820. The van der Waals surface area contributed by atoms with Crippen molar-refractivity contribution in [2.24, 2.45) is 0 Å². The Morgan fingerprint density at radius 2 is 2.15 bits per heavy atom. The molecule has 0 saturated carbocycles. The molecule has 1 N–H and O–H groups in total. The van der Waals surface area contributed by atoms with Gasteiger partial charge in [-0.2, -0.15) is 18.3 Å². The highest BCUT2D eigenvalue weighted by Crippen LogP contribution is 2.32. The largest absolute Gasteiger partial charge is 0.451 e. The Bertz CT molecular complexity index is 895. The van der Waals surface area contributed by atoms with Crippen molar-refractivity contribution in [3.05, 3.63) is 40.2 Å². The van der Waals surface area contributed by atoms with Crippen molar-refractivity contribution in [2.45, 2.75) is 51.6 Å². The molecule has 0 fully saturated rings. The number of hydrogen-bond acceptors (Lipinski definition) is 5. The molecule has 0 saturated heterocycles. The first-order valence-electron chi connectivity index (χ1n) is 8.68. The van der Waals surface area contributed by atoms with Gasteiger partial charge in [-0.05, 0) is 13.8 Å². The number of nitrogens with zero attached hydrogens (tertiary/aromatic N) is 4. The fourth-order valence-electron chi connectivity index (χ4n) is 3.63. The van der Waals surface area contributed by atoms with Gasteiger partial charge in [0.25, 0.3) is 5.91 Å². The highest BCUT2D eigenvalue weighted by molar-refractivity contribution is 5.94. The maximum absolute atomic E-state index is 13.0. The Labute approximate surface area is 152 Å². The smallest absolute Gasteiger partial charge is 0.369 e. The lowest BCUT2D eigenvalue weighted by molar-refractivity contribution is -0.145. The molecule has 0 aliphatic carbocycles. The zero-order valence-electron chi connectivity index (χ0n) is 14.8. The highest BCUT2D eigenvalue weighted by Gasteiger charge is 2.37. The summed E-state index contributed by atoms with van der Waals surface area (Å²) in [5.41, 5.74) is 2.86. The van der Waals surface area contributed by atoms with Crippen LogP contribution in [0.4, 0.5) is 13.2 Å². The summed E-state index contributed by atoms with van der Waals surface area (Å²) >= 11 is 0. The molecule has 0 bridgehead atoms. The first-order valence-corrected chi connectivity index (χ1v) is 8.68. The van der Waals surface area contributed by atoms with Gasteiger partial charge in [0.1, 0.15) is 0 Å². The summed E-state index contributed by atoms with van der Waals surface area (Å²) in [6, 6.07) is 0. The number of aromatic amines is 1.